The van der Waals surface area contributed by atoms with Crippen LogP contribution in [0.15, 0.2) is 48.5 Å². The normalized spacial score (nSPS) is 16.1. The quantitative estimate of drug-likeness (QED) is 0.572. The molecule has 4 rings (SSSR count). The van der Waals surface area contributed by atoms with Crippen LogP contribution in [0.3, 0.4) is 0 Å². The summed E-state index contributed by atoms with van der Waals surface area (Å²) in [5.41, 5.74) is 3.62. The first-order valence-corrected chi connectivity index (χ1v) is 10.7. The predicted molar refractivity (Wildman–Crippen MR) is 117 cm³/mol. The van der Waals surface area contributed by atoms with Crippen molar-refractivity contribution in [1.82, 2.24) is 19.4 Å². The van der Waals surface area contributed by atoms with Crippen molar-refractivity contribution in [2.75, 3.05) is 26.2 Å². The first-order valence-electron chi connectivity index (χ1n) is 10.4. The average Bonchev–Trinajstić information content (AvgIpc) is 3.05. The van der Waals surface area contributed by atoms with E-state index in [2.05, 4.69) is 57.7 Å². The van der Waals surface area contributed by atoms with E-state index < -0.39 is 0 Å². The fraction of sp³-hybridized carbons (Fsp3) is 0.435. The summed E-state index contributed by atoms with van der Waals surface area (Å²) in [6.45, 7) is 9.59. The summed E-state index contributed by atoms with van der Waals surface area (Å²) < 4.78 is 2.38. The Morgan fingerprint density at radius 1 is 0.929 bits per heavy atom. The van der Waals surface area contributed by atoms with E-state index in [0.717, 1.165) is 62.8 Å². The molecule has 0 radical (unpaired) electrons. The Morgan fingerprint density at radius 2 is 1.64 bits per heavy atom. The number of nitrogens with zero attached hydrogens (tertiary/aromatic N) is 4. The monoisotopic (exact) mass is 396 g/mol. The smallest absolute Gasteiger partial charge is 0.124 e. The van der Waals surface area contributed by atoms with Crippen molar-refractivity contribution >= 4 is 22.6 Å². The maximum Gasteiger partial charge on any atom is 0.124 e. The second-order valence-corrected chi connectivity index (χ2v) is 8.14. The van der Waals surface area contributed by atoms with Crippen LogP contribution in [0, 0.1) is 0 Å². The SMILES string of the molecule is CCCCn1c(CN2CCN(Cc3ccccc3)CC2)nc2ccc(Cl)cc21. The molecule has 0 unspecified atom stereocenters. The Bertz CT molecular complexity index is 898. The Kier molecular flexibility index (Phi) is 6.30. The molecule has 28 heavy (non-hydrogen) atoms. The molecule has 5 heteroatoms. The van der Waals surface area contributed by atoms with Crippen LogP contribution >= 0.6 is 11.6 Å². The Morgan fingerprint density at radius 3 is 2.36 bits per heavy atom. The summed E-state index contributed by atoms with van der Waals surface area (Å²) in [5, 5.41) is 0.784. The van der Waals surface area contributed by atoms with Crippen molar-refractivity contribution in [1.29, 1.82) is 0 Å². The molecule has 0 aliphatic carbocycles. The van der Waals surface area contributed by atoms with Crippen molar-refractivity contribution < 1.29 is 0 Å². The summed E-state index contributed by atoms with van der Waals surface area (Å²) in [7, 11) is 0. The maximum atomic E-state index is 6.25. The van der Waals surface area contributed by atoms with Crippen LogP contribution in [0.5, 0.6) is 0 Å². The van der Waals surface area contributed by atoms with E-state index in [-0.39, 0.29) is 0 Å². The third-order valence-corrected chi connectivity index (χ3v) is 5.84. The minimum atomic E-state index is 0.784. The van der Waals surface area contributed by atoms with Crippen LogP contribution in [0.1, 0.15) is 31.2 Å². The van der Waals surface area contributed by atoms with E-state index in [1.807, 2.05) is 12.1 Å². The Balaban J connectivity index is 1.42. The van der Waals surface area contributed by atoms with Crippen LogP contribution in [0.4, 0.5) is 0 Å². The molecule has 2 heterocycles. The number of piperazine rings is 1. The number of fused-ring (bicyclic) bond motifs is 1. The van der Waals surface area contributed by atoms with Gasteiger partial charge in [-0.1, -0.05) is 55.3 Å². The molecule has 0 spiro atoms. The summed E-state index contributed by atoms with van der Waals surface area (Å²) in [6.07, 6.45) is 2.34. The standard InChI is InChI=1S/C23H29ClN4/c1-2-3-11-28-22-16-20(24)9-10-21(22)25-23(28)18-27-14-12-26(13-15-27)17-19-7-5-4-6-8-19/h4-10,16H,2-3,11-15,17-18H2,1H3. The molecule has 4 nitrogen and oxygen atoms in total. The van der Waals surface area contributed by atoms with Crippen molar-refractivity contribution in [3.63, 3.8) is 0 Å². The first kappa shape index (κ1) is 19.4. The Hall–Kier alpha value is -1.88. The number of aromatic nitrogens is 2. The van der Waals surface area contributed by atoms with Gasteiger partial charge in [-0.05, 0) is 30.2 Å². The van der Waals surface area contributed by atoms with Crippen LogP contribution in [-0.4, -0.2) is 45.5 Å². The predicted octanol–water partition coefficient (Wildman–Crippen LogP) is 4.81. The van der Waals surface area contributed by atoms with Crippen molar-refractivity contribution in [2.24, 2.45) is 0 Å². The van der Waals surface area contributed by atoms with E-state index in [9.17, 15) is 0 Å². The molecule has 1 fully saturated rings. The molecule has 0 amide bonds. The molecule has 2 aromatic carbocycles. The number of imidazole rings is 1. The van der Waals surface area contributed by atoms with E-state index >= 15 is 0 Å². The van der Waals surface area contributed by atoms with Gasteiger partial charge >= 0.3 is 0 Å². The van der Waals surface area contributed by atoms with E-state index in [0.29, 0.717) is 0 Å². The average molecular weight is 397 g/mol. The lowest BCUT2D eigenvalue weighted by Gasteiger charge is -2.34. The van der Waals surface area contributed by atoms with Gasteiger partial charge in [0.2, 0.25) is 0 Å². The van der Waals surface area contributed by atoms with Gasteiger partial charge in [0, 0.05) is 44.3 Å². The molecule has 0 bridgehead atoms. The zero-order chi connectivity index (χ0) is 19.3. The highest BCUT2D eigenvalue weighted by Gasteiger charge is 2.20. The zero-order valence-corrected chi connectivity index (χ0v) is 17.4. The number of halogens is 1. The van der Waals surface area contributed by atoms with Crippen LogP contribution in [-0.2, 0) is 19.6 Å². The van der Waals surface area contributed by atoms with E-state index in [4.69, 9.17) is 16.6 Å². The van der Waals surface area contributed by atoms with Crippen molar-refractivity contribution in [3.05, 3.63) is 64.9 Å². The van der Waals surface area contributed by atoms with Gasteiger partial charge in [0.15, 0.2) is 0 Å². The maximum absolute atomic E-state index is 6.25. The molecule has 3 aromatic rings. The van der Waals surface area contributed by atoms with Gasteiger partial charge in [-0.2, -0.15) is 0 Å². The molecular formula is C23H29ClN4. The number of benzene rings is 2. The zero-order valence-electron chi connectivity index (χ0n) is 16.6. The van der Waals surface area contributed by atoms with E-state index in [1.165, 1.54) is 23.3 Å². The summed E-state index contributed by atoms with van der Waals surface area (Å²) in [5.74, 6) is 1.17. The first-order chi connectivity index (χ1) is 13.7. The molecule has 148 valence electrons. The molecule has 0 saturated carbocycles. The molecular weight excluding hydrogens is 368 g/mol. The second kappa shape index (κ2) is 9.08. The third-order valence-electron chi connectivity index (χ3n) is 5.60. The highest BCUT2D eigenvalue weighted by molar-refractivity contribution is 6.31. The fourth-order valence-corrected chi connectivity index (χ4v) is 4.15. The van der Waals surface area contributed by atoms with E-state index in [1.54, 1.807) is 0 Å². The highest BCUT2D eigenvalue weighted by Crippen LogP contribution is 2.23. The van der Waals surface area contributed by atoms with Gasteiger partial charge in [-0.3, -0.25) is 9.80 Å². The number of unbranched alkanes of at least 4 members (excludes halogenated alkanes) is 1. The van der Waals surface area contributed by atoms with Gasteiger partial charge in [0.25, 0.3) is 0 Å². The topological polar surface area (TPSA) is 24.3 Å². The summed E-state index contributed by atoms with van der Waals surface area (Å²) >= 11 is 6.25. The van der Waals surface area contributed by atoms with Gasteiger partial charge in [0.1, 0.15) is 5.82 Å². The van der Waals surface area contributed by atoms with Crippen LogP contribution < -0.4 is 0 Å². The number of hydrogen-bond donors (Lipinski definition) is 0. The summed E-state index contributed by atoms with van der Waals surface area (Å²) in [4.78, 5) is 10.0. The lowest BCUT2D eigenvalue weighted by Crippen LogP contribution is -2.45. The van der Waals surface area contributed by atoms with Crippen molar-refractivity contribution in [3.8, 4) is 0 Å². The Labute approximate surface area is 172 Å². The molecule has 0 N–H and O–H groups in total. The second-order valence-electron chi connectivity index (χ2n) is 7.70. The number of aryl methyl sites for hydroxylation is 1. The lowest BCUT2D eigenvalue weighted by atomic mass is 10.2. The van der Waals surface area contributed by atoms with Gasteiger partial charge in [-0.25, -0.2) is 4.98 Å². The number of rotatable bonds is 7. The highest BCUT2D eigenvalue weighted by atomic mass is 35.5. The van der Waals surface area contributed by atoms with Gasteiger partial charge in [-0.15, -0.1) is 0 Å². The minimum Gasteiger partial charge on any atom is -0.327 e. The molecule has 1 saturated heterocycles. The lowest BCUT2D eigenvalue weighted by molar-refractivity contribution is 0.119. The third kappa shape index (κ3) is 4.57. The largest absolute Gasteiger partial charge is 0.327 e. The van der Waals surface area contributed by atoms with Gasteiger partial charge in [0.05, 0.1) is 17.6 Å². The molecule has 1 aromatic heterocycles. The van der Waals surface area contributed by atoms with Crippen LogP contribution in [0.25, 0.3) is 11.0 Å². The van der Waals surface area contributed by atoms with Crippen LogP contribution in [0.2, 0.25) is 5.02 Å². The van der Waals surface area contributed by atoms with Crippen molar-refractivity contribution in [2.45, 2.75) is 39.4 Å². The molecule has 0 atom stereocenters. The molecule has 1 aliphatic rings. The molecule has 1 aliphatic heterocycles. The van der Waals surface area contributed by atoms with Gasteiger partial charge < -0.3 is 4.57 Å². The summed E-state index contributed by atoms with van der Waals surface area (Å²) in [6, 6.07) is 16.8. The fourth-order valence-electron chi connectivity index (χ4n) is 3.98. The number of hydrogen-bond acceptors (Lipinski definition) is 3. The minimum absolute atomic E-state index is 0.784.